The van der Waals surface area contributed by atoms with Crippen molar-refractivity contribution < 1.29 is 9.90 Å². The highest BCUT2D eigenvalue weighted by atomic mass is 16.3. The highest BCUT2D eigenvalue weighted by molar-refractivity contribution is 5.79. The second-order valence-electron chi connectivity index (χ2n) is 5.90. The van der Waals surface area contributed by atoms with Gasteiger partial charge in [0, 0.05) is 18.4 Å². The van der Waals surface area contributed by atoms with E-state index in [-0.39, 0.29) is 5.54 Å². The molecule has 122 valence electrons. The molecule has 3 nitrogen and oxygen atoms in total. The lowest BCUT2D eigenvalue weighted by Gasteiger charge is -2.45. The lowest BCUT2D eigenvalue weighted by Crippen LogP contribution is -2.47. The molecule has 3 heteroatoms. The number of Topliss-reactive ketones (excluding diaryl/α,β-unsaturated/α-hetero) is 1. The molecule has 0 radical (unpaired) electrons. The van der Waals surface area contributed by atoms with Crippen molar-refractivity contribution in [3.05, 3.63) is 43.0 Å². The zero-order valence-corrected chi connectivity index (χ0v) is 14.0. The maximum absolute atomic E-state index is 11.6. The van der Waals surface area contributed by atoms with Gasteiger partial charge in [-0.05, 0) is 50.6 Å². The molecule has 0 spiro atoms. The Balaban J connectivity index is 0.00000116. The average Bonchev–Trinajstić information content (AvgIpc) is 2.55. The second-order valence-corrected chi connectivity index (χ2v) is 5.90. The van der Waals surface area contributed by atoms with Gasteiger partial charge in [0.1, 0.15) is 11.5 Å². The Bertz CT molecular complexity index is 474. The van der Waals surface area contributed by atoms with E-state index in [1.807, 2.05) is 12.1 Å². The van der Waals surface area contributed by atoms with Crippen LogP contribution in [0, 0.1) is 0 Å². The molecule has 22 heavy (non-hydrogen) atoms. The average molecular weight is 303 g/mol. The van der Waals surface area contributed by atoms with Gasteiger partial charge >= 0.3 is 0 Å². The molecule has 1 aliphatic rings. The summed E-state index contributed by atoms with van der Waals surface area (Å²) in [4.78, 5) is 14.0. The van der Waals surface area contributed by atoms with E-state index < -0.39 is 0 Å². The second kappa shape index (κ2) is 8.74. The molecule has 0 saturated heterocycles. The number of ketones is 1. The molecule has 0 aliphatic heterocycles. The fourth-order valence-corrected chi connectivity index (χ4v) is 3.24. The van der Waals surface area contributed by atoms with Crippen molar-refractivity contribution in [2.24, 2.45) is 0 Å². The number of aromatic hydroxyl groups is 1. The molecule has 0 unspecified atom stereocenters. The molecule has 0 heterocycles. The van der Waals surface area contributed by atoms with Crippen molar-refractivity contribution in [2.45, 2.75) is 51.0 Å². The van der Waals surface area contributed by atoms with Crippen LogP contribution in [0.4, 0.5) is 0 Å². The van der Waals surface area contributed by atoms with Gasteiger partial charge in [0.05, 0.1) is 0 Å². The highest BCUT2D eigenvalue weighted by Gasteiger charge is 2.39. The Kier molecular flexibility index (Phi) is 7.33. The maximum Gasteiger partial charge on any atom is 0.133 e. The zero-order chi connectivity index (χ0) is 16.6. The van der Waals surface area contributed by atoms with E-state index in [0.29, 0.717) is 24.4 Å². The number of nitrogens with zero attached hydrogens (tertiary/aromatic N) is 1. The third-order valence-corrected chi connectivity index (χ3v) is 4.60. The third kappa shape index (κ3) is 4.20. The minimum absolute atomic E-state index is 0.0954. The molecule has 0 amide bonds. The summed E-state index contributed by atoms with van der Waals surface area (Å²) in [6, 6.07) is 7.55. The fraction of sp³-hybridized carbons (Fsp3) is 0.526. The first kappa shape index (κ1) is 18.4. The summed E-state index contributed by atoms with van der Waals surface area (Å²) in [6.07, 6.45) is 5.33. The summed E-state index contributed by atoms with van der Waals surface area (Å²) in [5.41, 5.74) is 1.05. The Hall–Kier alpha value is -1.61. The minimum Gasteiger partial charge on any atom is -0.508 e. The van der Waals surface area contributed by atoms with Crippen LogP contribution >= 0.6 is 0 Å². The normalized spacial score (nSPS) is 17.0. The van der Waals surface area contributed by atoms with Crippen molar-refractivity contribution in [1.82, 2.24) is 4.90 Å². The standard InChI is InChI=1S/C17H25NO2.C2H4/c1-3-4-12-18(2)17(10-8-15(19)9-11-17)14-6-5-7-16(20)13-14;1-2/h5-7,13,20H,3-4,8-12H2,1-2H3;1-2H2. The van der Waals surface area contributed by atoms with E-state index in [4.69, 9.17) is 0 Å². The number of phenols is 1. The van der Waals surface area contributed by atoms with E-state index in [2.05, 4.69) is 38.1 Å². The van der Waals surface area contributed by atoms with E-state index in [0.717, 1.165) is 31.4 Å². The molecule has 2 rings (SSSR count). The Morgan fingerprint density at radius 1 is 1.27 bits per heavy atom. The summed E-state index contributed by atoms with van der Waals surface area (Å²) < 4.78 is 0. The first-order valence-electron chi connectivity index (χ1n) is 8.11. The first-order chi connectivity index (χ1) is 10.6. The molecule has 0 bridgehead atoms. The summed E-state index contributed by atoms with van der Waals surface area (Å²) in [5, 5.41) is 9.78. The number of unbranched alkanes of at least 4 members (excludes halogenated alkanes) is 1. The zero-order valence-electron chi connectivity index (χ0n) is 14.0. The Labute approximate surface area is 134 Å². The summed E-state index contributed by atoms with van der Waals surface area (Å²) in [5.74, 6) is 0.673. The van der Waals surface area contributed by atoms with Gasteiger partial charge in [-0.3, -0.25) is 9.69 Å². The summed E-state index contributed by atoms with van der Waals surface area (Å²) in [6.45, 7) is 9.22. The largest absolute Gasteiger partial charge is 0.508 e. The highest BCUT2D eigenvalue weighted by Crippen LogP contribution is 2.41. The fourth-order valence-electron chi connectivity index (χ4n) is 3.24. The van der Waals surface area contributed by atoms with Crippen LogP contribution in [0.2, 0.25) is 0 Å². The molecule has 1 N–H and O–H groups in total. The van der Waals surface area contributed by atoms with Crippen molar-refractivity contribution in [3.63, 3.8) is 0 Å². The van der Waals surface area contributed by atoms with E-state index >= 15 is 0 Å². The number of hydrogen-bond acceptors (Lipinski definition) is 3. The van der Waals surface area contributed by atoms with Crippen LogP contribution in [0.5, 0.6) is 5.75 Å². The van der Waals surface area contributed by atoms with Crippen molar-refractivity contribution in [1.29, 1.82) is 0 Å². The molecule has 1 aliphatic carbocycles. The van der Waals surface area contributed by atoms with Gasteiger partial charge in [-0.1, -0.05) is 25.5 Å². The van der Waals surface area contributed by atoms with Crippen LogP contribution < -0.4 is 0 Å². The number of carbonyl (C=O) groups excluding carboxylic acids is 1. The smallest absolute Gasteiger partial charge is 0.133 e. The molecule has 0 atom stereocenters. The first-order valence-corrected chi connectivity index (χ1v) is 8.11. The number of benzene rings is 1. The van der Waals surface area contributed by atoms with Crippen LogP contribution in [-0.4, -0.2) is 29.4 Å². The van der Waals surface area contributed by atoms with Gasteiger partial charge in [0.2, 0.25) is 0 Å². The lowest BCUT2D eigenvalue weighted by molar-refractivity contribution is -0.123. The van der Waals surface area contributed by atoms with Gasteiger partial charge in [-0.2, -0.15) is 0 Å². The van der Waals surface area contributed by atoms with E-state index in [1.165, 1.54) is 6.42 Å². The predicted octanol–water partition coefficient (Wildman–Crippen LogP) is 4.26. The molecule has 0 aromatic heterocycles. The predicted molar refractivity (Wildman–Crippen MR) is 92.1 cm³/mol. The molecule has 1 saturated carbocycles. The van der Waals surface area contributed by atoms with E-state index in [9.17, 15) is 9.90 Å². The van der Waals surface area contributed by atoms with Gasteiger partial charge in [-0.25, -0.2) is 0 Å². The Morgan fingerprint density at radius 2 is 1.91 bits per heavy atom. The molecule has 1 aromatic rings. The van der Waals surface area contributed by atoms with Gasteiger partial charge in [0.25, 0.3) is 0 Å². The van der Waals surface area contributed by atoms with Gasteiger partial charge < -0.3 is 5.11 Å². The monoisotopic (exact) mass is 303 g/mol. The summed E-state index contributed by atoms with van der Waals surface area (Å²) >= 11 is 0. The minimum atomic E-state index is -0.0954. The Morgan fingerprint density at radius 3 is 2.45 bits per heavy atom. The number of phenolic OH excluding ortho intramolecular Hbond substituents is 1. The maximum atomic E-state index is 11.6. The van der Waals surface area contributed by atoms with Crippen LogP contribution in [-0.2, 0) is 10.3 Å². The van der Waals surface area contributed by atoms with Crippen LogP contribution in [0.3, 0.4) is 0 Å². The molecular weight excluding hydrogens is 274 g/mol. The van der Waals surface area contributed by atoms with Crippen molar-refractivity contribution in [2.75, 3.05) is 13.6 Å². The topological polar surface area (TPSA) is 40.5 Å². The van der Waals surface area contributed by atoms with Crippen LogP contribution in [0.15, 0.2) is 37.4 Å². The quantitative estimate of drug-likeness (QED) is 0.826. The number of rotatable bonds is 5. The molecule has 1 fully saturated rings. The van der Waals surface area contributed by atoms with E-state index in [1.54, 1.807) is 6.07 Å². The van der Waals surface area contributed by atoms with Crippen molar-refractivity contribution >= 4 is 5.78 Å². The number of carbonyl (C=O) groups is 1. The van der Waals surface area contributed by atoms with Gasteiger partial charge in [-0.15, -0.1) is 13.2 Å². The summed E-state index contributed by atoms with van der Waals surface area (Å²) in [7, 11) is 2.15. The third-order valence-electron chi connectivity index (χ3n) is 4.60. The molecular formula is C19H29NO2. The van der Waals surface area contributed by atoms with Crippen LogP contribution in [0.1, 0.15) is 51.0 Å². The molecule has 1 aromatic carbocycles. The number of hydrogen-bond donors (Lipinski definition) is 1. The SMILES string of the molecule is C=C.CCCCN(C)C1(c2cccc(O)c2)CCC(=O)CC1. The van der Waals surface area contributed by atoms with Gasteiger partial charge in [0.15, 0.2) is 0 Å². The van der Waals surface area contributed by atoms with Crippen LogP contribution in [0.25, 0.3) is 0 Å². The van der Waals surface area contributed by atoms with Crippen molar-refractivity contribution in [3.8, 4) is 5.75 Å². The lowest BCUT2D eigenvalue weighted by atomic mass is 9.75.